The largest absolute Gasteiger partial charge is 0.477 e. The predicted octanol–water partition coefficient (Wildman–Crippen LogP) is -0.703. The molecule has 0 aliphatic carbocycles. The number of aryl methyl sites for hydroxylation is 1. The Bertz CT molecular complexity index is 1190. The molecular formula is C15H15ClN8O5S3. The van der Waals surface area contributed by atoms with Crippen molar-refractivity contribution >= 4 is 64.2 Å². The molecule has 2 aliphatic heterocycles. The SMILES string of the molecule is Cn1nnnc1SCC1=C(C(=O)O)N2C(=O)C(NC(=O)C(O)c3[nH]c(=N)sc3Cl)[C@@H]2SC1. The van der Waals surface area contributed by atoms with Gasteiger partial charge in [-0.1, -0.05) is 34.7 Å². The number of carbonyl (C=O) groups is 3. The molecule has 170 valence electrons. The number of H-pyrrole nitrogens is 1. The molecule has 2 amide bonds. The number of carboxylic acid groups (broad SMARTS) is 1. The molecule has 5 N–H and O–H groups in total. The summed E-state index contributed by atoms with van der Waals surface area (Å²) in [6.45, 7) is 0. The highest BCUT2D eigenvalue weighted by Crippen LogP contribution is 2.41. The molecule has 0 radical (unpaired) electrons. The number of carboxylic acids is 1. The Kier molecular flexibility index (Phi) is 6.30. The summed E-state index contributed by atoms with van der Waals surface area (Å²) in [5.74, 6) is -2.11. The number of amides is 2. The molecule has 1 fully saturated rings. The lowest BCUT2D eigenvalue weighted by atomic mass is 10.0. The van der Waals surface area contributed by atoms with Crippen molar-refractivity contribution < 1.29 is 24.6 Å². The fourth-order valence-corrected chi connectivity index (χ4v) is 6.50. The fourth-order valence-electron chi connectivity index (χ4n) is 3.17. The zero-order valence-corrected chi connectivity index (χ0v) is 19.3. The van der Waals surface area contributed by atoms with Crippen LogP contribution in [-0.4, -0.2) is 81.0 Å². The monoisotopic (exact) mass is 518 g/mol. The smallest absolute Gasteiger partial charge is 0.352 e. The third-order valence-electron chi connectivity index (χ3n) is 4.68. The van der Waals surface area contributed by atoms with E-state index in [9.17, 15) is 24.6 Å². The molecule has 32 heavy (non-hydrogen) atoms. The van der Waals surface area contributed by atoms with E-state index in [1.165, 1.54) is 28.2 Å². The maximum Gasteiger partial charge on any atom is 0.352 e. The van der Waals surface area contributed by atoms with Crippen LogP contribution in [0, 0.1) is 5.41 Å². The first-order valence-electron chi connectivity index (χ1n) is 8.85. The van der Waals surface area contributed by atoms with E-state index in [1.54, 1.807) is 7.05 Å². The number of halogens is 1. The van der Waals surface area contributed by atoms with E-state index >= 15 is 0 Å². The first-order valence-corrected chi connectivity index (χ1v) is 12.1. The molecule has 0 bridgehead atoms. The lowest BCUT2D eigenvalue weighted by Crippen LogP contribution is -2.70. The van der Waals surface area contributed by atoms with Crippen LogP contribution < -0.4 is 10.1 Å². The van der Waals surface area contributed by atoms with Crippen LogP contribution in [-0.2, 0) is 21.4 Å². The van der Waals surface area contributed by atoms with E-state index in [-0.39, 0.29) is 26.3 Å². The predicted molar refractivity (Wildman–Crippen MR) is 114 cm³/mol. The lowest BCUT2D eigenvalue weighted by molar-refractivity contribution is -0.151. The van der Waals surface area contributed by atoms with E-state index < -0.39 is 35.3 Å². The standard InChI is InChI=1S/C15H15ClN8O5S3/c1-23-15(20-21-22-23)31-3-4-2-30-12-6(11(27)24(12)7(4)13(28)29)18-10(26)8(25)5-9(16)32-14(17)19-5/h6,8,12,25H,2-3H2,1H3,(H2,17,19)(H,18,26)(H,28,29)/t6?,8?,12-/m0/s1. The Labute approximate surface area is 196 Å². The lowest BCUT2D eigenvalue weighted by Gasteiger charge is -2.49. The Morgan fingerprint density at radius 3 is 2.84 bits per heavy atom. The number of aromatic amines is 1. The van der Waals surface area contributed by atoms with Crippen LogP contribution in [0.15, 0.2) is 16.4 Å². The third kappa shape index (κ3) is 4.03. The van der Waals surface area contributed by atoms with Crippen LogP contribution >= 0.6 is 46.5 Å². The van der Waals surface area contributed by atoms with Crippen LogP contribution in [0.25, 0.3) is 0 Å². The average Bonchev–Trinajstić information content (AvgIpc) is 3.32. The number of rotatable bonds is 7. The normalized spacial score (nSPS) is 21.2. The first kappa shape index (κ1) is 22.8. The number of nitrogens with zero attached hydrogens (tertiary/aromatic N) is 5. The number of aliphatic hydroxyl groups is 1. The summed E-state index contributed by atoms with van der Waals surface area (Å²) in [4.78, 5) is 40.7. The molecule has 0 spiro atoms. The Morgan fingerprint density at radius 1 is 1.50 bits per heavy atom. The molecule has 0 aromatic carbocycles. The number of fused-ring (bicyclic) bond motifs is 1. The number of tetrazole rings is 1. The minimum absolute atomic E-state index is 0.0377. The van der Waals surface area contributed by atoms with Gasteiger partial charge in [0.15, 0.2) is 10.9 Å². The van der Waals surface area contributed by atoms with Crippen molar-refractivity contribution in [3.8, 4) is 0 Å². The molecule has 4 heterocycles. The van der Waals surface area contributed by atoms with Crippen molar-refractivity contribution in [1.29, 1.82) is 5.41 Å². The number of aromatic nitrogens is 5. The Balaban J connectivity index is 1.47. The van der Waals surface area contributed by atoms with Crippen molar-refractivity contribution in [2.75, 3.05) is 11.5 Å². The zero-order chi connectivity index (χ0) is 23.2. The quantitative estimate of drug-likeness (QED) is 0.231. The topological polar surface area (TPSA) is 190 Å². The third-order valence-corrected chi connectivity index (χ3v) is 8.25. The molecule has 1 saturated heterocycles. The van der Waals surface area contributed by atoms with E-state index in [0.717, 1.165) is 16.2 Å². The molecule has 0 saturated carbocycles. The van der Waals surface area contributed by atoms with Gasteiger partial charge in [-0.05, 0) is 16.0 Å². The second-order valence-electron chi connectivity index (χ2n) is 6.67. The fraction of sp³-hybridized carbons (Fsp3) is 0.400. The number of hydrogen-bond acceptors (Lipinski definition) is 11. The van der Waals surface area contributed by atoms with Crippen molar-refractivity contribution in [3.63, 3.8) is 0 Å². The first-order chi connectivity index (χ1) is 15.2. The van der Waals surface area contributed by atoms with Gasteiger partial charge < -0.3 is 20.5 Å². The van der Waals surface area contributed by atoms with Crippen molar-refractivity contribution in [3.05, 3.63) is 26.1 Å². The van der Waals surface area contributed by atoms with E-state index in [4.69, 9.17) is 17.0 Å². The zero-order valence-electron chi connectivity index (χ0n) is 16.1. The van der Waals surface area contributed by atoms with Crippen LogP contribution in [0.1, 0.15) is 11.8 Å². The maximum atomic E-state index is 12.7. The number of hydrogen-bond donors (Lipinski definition) is 5. The number of nitrogens with one attached hydrogen (secondary N) is 3. The van der Waals surface area contributed by atoms with Gasteiger partial charge in [0.1, 0.15) is 21.4 Å². The molecule has 2 unspecified atom stereocenters. The number of β-lactam (4-membered cyclic amide) rings is 1. The summed E-state index contributed by atoms with van der Waals surface area (Å²) in [5, 5.41) is 40.9. The highest BCUT2D eigenvalue weighted by molar-refractivity contribution is 8.01. The summed E-state index contributed by atoms with van der Waals surface area (Å²) < 4.78 is 1.51. The molecule has 4 rings (SSSR count). The summed E-state index contributed by atoms with van der Waals surface area (Å²) in [6.07, 6.45) is -1.70. The molecule has 3 atom stereocenters. The molecule has 17 heteroatoms. The number of aliphatic hydroxyl groups excluding tert-OH is 1. The summed E-state index contributed by atoms with van der Waals surface area (Å²) in [6, 6.07) is -0.999. The van der Waals surface area contributed by atoms with Gasteiger partial charge in [-0.25, -0.2) is 9.48 Å². The maximum absolute atomic E-state index is 12.7. The number of thiazole rings is 1. The molecule has 13 nitrogen and oxygen atoms in total. The van der Waals surface area contributed by atoms with Gasteiger partial charge in [0.05, 0.1) is 5.69 Å². The second-order valence-corrected chi connectivity index (χ2v) is 10.3. The van der Waals surface area contributed by atoms with Gasteiger partial charge in [0.2, 0.25) is 5.16 Å². The summed E-state index contributed by atoms with van der Waals surface area (Å²) in [5.41, 5.74) is 0.371. The van der Waals surface area contributed by atoms with Gasteiger partial charge in [0, 0.05) is 18.6 Å². The number of thioether (sulfide) groups is 2. The average molecular weight is 519 g/mol. The highest BCUT2D eigenvalue weighted by Gasteiger charge is 2.54. The molecular weight excluding hydrogens is 504 g/mol. The Morgan fingerprint density at radius 2 is 2.25 bits per heavy atom. The molecule has 2 aromatic heterocycles. The summed E-state index contributed by atoms with van der Waals surface area (Å²) in [7, 11) is 1.66. The number of aliphatic carboxylic acids is 1. The van der Waals surface area contributed by atoms with Crippen LogP contribution in [0.3, 0.4) is 0 Å². The van der Waals surface area contributed by atoms with Gasteiger partial charge in [-0.2, -0.15) is 0 Å². The van der Waals surface area contributed by atoms with E-state index in [2.05, 4.69) is 25.8 Å². The highest BCUT2D eigenvalue weighted by atomic mass is 35.5. The van der Waals surface area contributed by atoms with Crippen molar-refractivity contribution in [1.82, 2.24) is 35.4 Å². The van der Waals surface area contributed by atoms with Crippen LogP contribution in [0.4, 0.5) is 0 Å². The molecule has 2 aliphatic rings. The minimum atomic E-state index is -1.70. The van der Waals surface area contributed by atoms with Crippen LogP contribution in [0.5, 0.6) is 0 Å². The van der Waals surface area contributed by atoms with Crippen molar-refractivity contribution in [2.45, 2.75) is 22.7 Å². The van der Waals surface area contributed by atoms with Gasteiger partial charge in [0.25, 0.3) is 11.8 Å². The van der Waals surface area contributed by atoms with Crippen LogP contribution in [0.2, 0.25) is 4.34 Å². The summed E-state index contributed by atoms with van der Waals surface area (Å²) >= 11 is 9.32. The van der Waals surface area contributed by atoms with Gasteiger partial charge >= 0.3 is 5.97 Å². The van der Waals surface area contributed by atoms with Gasteiger partial charge in [-0.3, -0.25) is 19.9 Å². The Hall–Kier alpha value is -2.40. The van der Waals surface area contributed by atoms with E-state index in [0.29, 0.717) is 16.5 Å². The molecule has 2 aromatic rings. The van der Waals surface area contributed by atoms with Crippen molar-refractivity contribution in [2.24, 2.45) is 7.05 Å². The number of carbonyl (C=O) groups excluding carboxylic acids is 2. The minimum Gasteiger partial charge on any atom is -0.477 e. The second kappa shape index (κ2) is 8.86. The van der Waals surface area contributed by atoms with E-state index in [1.807, 2.05) is 0 Å². The van der Waals surface area contributed by atoms with Gasteiger partial charge in [-0.15, -0.1) is 16.9 Å².